The van der Waals surface area contributed by atoms with Crippen molar-refractivity contribution in [1.29, 1.82) is 0 Å². The van der Waals surface area contributed by atoms with Gasteiger partial charge < -0.3 is 15.0 Å². The lowest BCUT2D eigenvalue weighted by Gasteiger charge is -2.33. The van der Waals surface area contributed by atoms with E-state index in [2.05, 4.69) is 19.2 Å². The molecule has 0 aliphatic carbocycles. The van der Waals surface area contributed by atoms with Gasteiger partial charge in [0.2, 0.25) is 5.91 Å². The zero-order valence-corrected chi connectivity index (χ0v) is 20.4. The predicted molar refractivity (Wildman–Crippen MR) is 130 cm³/mol. The van der Waals surface area contributed by atoms with Crippen LogP contribution in [0.1, 0.15) is 65.0 Å². The SMILES string of the molecule is CC[C@H](C(=O)NC(C)(C)C)N(CCc1ccccc1)C(=O)COc1ccccc1C(C)C. The van der Waals surface area contributed by atoms with Crippen molar-refractivity contribution in [1.82, 2.24) is 10.2 Å². The van der Waals surface area contributed by atoms with Crippen molar-refractivity contribution < 1.29 is 14.3 Å². The number of hydrogen-bond donors (Lipinski definition) is 1. The van der Waals surface area contributed by atoms with Crippen LogP contribution >= 0.6 is 0 Å². The van der Waals surface area contributed by atoms with Crippen LogP contribution in [0, 0.1) is 0 Å². The van der Waals surface area contributed by atoms with E-state index in [1.54, 1.807) is 4.90 Å². The monoisotopic (exact) mass is 438 g/mol. The van der Waals surface area contributed by atoms with Gasteiger partial charge in [0.25, 0.3) is 5.91 Å². The summed E-state index contributed by atoms with van der Waals surface area (Å²) < 4.78 is 5.95. The Hall–Kier alpha value is -2.82. The maximum Gasteiger partial charge on any atom is 0.261 e. The second-order valence-electron chi connectivity index (χ2n) is 9.47. The van der Waals surface area contributed by atoms with E-state index in [1.165, 1.54) is 0 Å². The largest absolute Gasteiger partial charge is 0.483 e. The summed E-state index contributed by atoms with van der Waals surface area (Å²) in [5, 5.41) is 3.03. The van der Waals surface area contributed by atoms with Gasteiger partial charge in [0.15, 0.2) is 6.61 Å². The second kappa shape index (κ2) is 11.7. The first-order chi connectivity index (χ1) is 15.1. The van der Waals surface area contributed by atoms with Crippen LogP contribution in [0.15, 0.2) is 54.6 Å². The van der Waals surface area contributed by atoms with Crippen molar-refractivity contribution in [2.75, 3.05) is 13.2 Å². The minimum Gasteiger partial charge on any atom is -0.483 e. The maximum atomic E-state index is 13.3. The van der Waals surface area contributed by atoms with Crippen LogP contribution in [-0.2, 0) is 16.0 Å². The lowest BCUT2D eigenvalue weighted by Crippen LogP contribution is -2.54. The van der Waals surface area contributed by atoms with Crippen molar-refractivity contribution in [2.24, 2.45) is 0 Å². The Kier molecular flexibility index (Phi) is 9.30. The molecule has 5 nitrogen and oxygen atoms in total. The molecular formula is C27H38N2O3. The zero-order valence-electron chi connectivity index (χ0n) is 20.4. The number of hydrogen-bond acceptors (Lipinski definition) is 3. The van der Waals surface area contributed by atoms with Crippen molar-refractivity contribution in [2.45, 2.75) is 71.9 Å². The summed E-state index contributed by atoms with van der Waals surface area (Å²) in [6, 6.07) is 17.2. The first-order valence-electron chi connectivity index (χ1n) is 11.5. The summed E-state index contributed by atoms with van der Waals surface area (Å²) in [5.74, 6) is 0.682. The van der Waals surface area contributed by atoms with Gasteiger partial charge in [-0.2, -0.15) is 0 Å². The average Bonchev–Trinajstić information content (AvgIpc) is 2.74. The highest BCUT2D eigenvalue weighted by Gasteiger charge is 2.30. The molecule has 0 aliphatic heterocycles. The molecule has 174 valence electrons. The van der Waals surface area contributed by atoms with Crippen LogP contribution in [0.5, 0.6) is 5.75 Å². The van der Waals surface area contributed by atoms with E-state index in [9.17, 15) is 9.59 Å². The Morgan fingerprint density at radius 3 is 2.22 bits per heavy atom. The normalized spacial score (nSPS) is 12.3. The summed E-state index contributed by atoms with van der Waals surface area (Å²) in [4.78, 5) is 28.0. The molecule has 0 spiro atoms. The highest BCUT2D eigenvalue weighted by Crippen LogP contribution is 2.26. The zero-order chi connectivity index (χ0) is 23.7. The minimum absolute atomic E-state index is 0.0994. The van der Waals surface area contributed by atoms with Gasteiger partial charge in [0, 0.05) is 12.1 Å². The molecule has 0 fully saturated rings. The molecule has 0 aliphatic rings. The highest BCUT2D eigenvalue weighted by atomic mass is 16.5. The summed E-state index contributed by atoms with van der Waals surface area (Å²) >= 11 is 0. The average molecular weight is 439 g/mol. The molecule has 0 saturated heterocycles. The molecule has 0 unspecified atom stereocenters. The standard InChI is InChI=1S/C27H38N2O3/c1-7-23(26(31)28-27(4,5)6)29(18-17-21-13-9-8-10-14-21)25(30)19-32-24-16-12-11-15-22(24)20(2)3/h8-16,20,23H,7,17-19H2,1-6H3,(H,28,31)/t23-/m1/s1. The lowest BCUT2D eigenvalue weighted by atomic mass is 10.0. The molecule has 2 aromatic carbocycles. The van der Waals surface area contributed by atoms with Gasteiger partial charge in [0.05, 0.1) is 0 Å². The molecule has 0 heterocycles. The van der Waals surface area contributed by atoms with Crippen molar-refractivity contribution >= 4 is 11.8 Å². The number of carbonyl (C=O) groups excluding carboxylic acids is 2. The van der Waals surface area contributed by atoms with E-state index < -0.39 is 6.04 Å². The van der Waals surface area contributed by atoms with E-state index in [-0.39, 0.29) is 29.9 Å². The number of nitrogens with one attached hydrogen (secondary N) is 1. The second-order valence-corrected chi connectivity index (χ2v) is 9.47. The Morgan fingerprint density at radius 1 is 1.00 bits per heavy atom. The van der Waals surface area contributed by atoms with Gasteiger partial charge in [-0.1, -0.05) is 69.3 Å². The van der Waals surface area contributed by atoms with Crippen molar-refractivity contribution in [3.8, 4) is 5.75 Å². The van der Waals surface area contributed by atoms with Crippen LogP contribution < -0.4 is 10.1 Å². The van der Waals surface area contributed by atoms with Gasteiger partial charge >= 0.3 is 0 Å². The molecule has 0 aromatic heterocycles. The fourth-order valence-corrected chi connectivity index (χ4v) is 3.66. The third kappa shape index (κ3) is 7.70. The number of ether oxygens (including phenoxy) is 1. The van der Waals surface area contributed by atoms with Gasteiger partial charge in [-0.3, -0.25) is 9.59 Å². The molecule has 0 saturated carbocycles. The number of nitrogens with zero attached hydrogens (tertiary/aromatic N) is 1. The predicted octanol–water partition coefficient (Wildman–Crippen LogP) is 4.95. The number of rotatable bonds is 10. The molecule has 1 atom stereocenters. The van der Waals surface area contributed by atoms with Gasteiger partial charge in [-0.05, 0) is 56.7 Å². The first-order valence-corrected chi connectivity index (χ1v) is 11.5. The van der Waals surface area contributed by atoms with Gasteiger partial charge in [-0.25, -0.2) is 0 Å². The molecular weight excluding hydrogens is 400 g/mol. The van der Waals surface area contributed by atoms with Crippen molar-refractivity contribution in [3.05, 3.63) is 65.7 Å². The molecule has 5 heteroatoms. The molecule has 1 N–H and O–H groups in total. The van der Waals surface area contributed by atoms with Crippen LogP contribution in [0.2, 0.25) is 0 Å². The highest BCUT2D eigenvalue weighted by molar-refractivity contribution is 5.88. The number of carbonyl (C=O) groups is 2. The number of para-hydroxylation sites is 1. The molecule has 2 amide bonds. The van der Waals surface area contributed by atoms with E-state index >= 15 is 0 Å². The molecule has 0 radical (unpaired) electrons. The van der Waals surface area contributed by atoms with Crippen LogP contribution in [-0.4, -0.2) is 41.4 Å². The molecule has 0 bridgehead atoms. The molecule has 32 heavy (non-hydrogen) atoms. The summed E-state index contributed by atoms with van der Waals surface area (Å²) in [7, 11) is 0. The quantitative estimate of drug-likeness (QED) is 0.571. The van der Waals surface area contributed by atoms with Gasteiger partial charge in [0.1, 0.15) is 11.8 Å². The van der Waals surface area contributed by atoms with Gasteiger partial charge in [-0.15, -0.1) is 0 Å². The Labute approximate surface area is 193 Å². The van der Waals surface area contributed by atoms with E-state index in [1.807, 2.05) is 82.3 Å². The topological polar surface area (TPSA) is 58.6 Å². The van der Waals surface area contributed by atoms with Crippen LogP contribution in [0.3, 0.4) is 0 Å². The Bertz CT molecular complexity index is 872. The van der Waals surface area contributed by atoms with Crippen molar-refractivity contribution in [3.63, 3.8) is 0 Å². The minimum atomic E-state index is -0.547. The third-order valence-electron chi connectivity index (χ3n) is 5.26. The fraction of sp³-hybridized carbons (Fsp3) is 0.481. The summed E-state index contributed by atoms with van der Waals surface area (Å²) in [6.45, 7) is 12.3. The third-order valence-corrected chi connectivity index (χ3v) is 5.26. The smallest absolute Gasteiger partial charge is 0.261 e. The van der Waals surface area contributed by atoms with Crippen LogP contribution in [0.25, 0.3) is 0 Å². The number of benzene rings is 2. The number of amides is 2. The first kappa shape index (κ1) is 25.4. The maximum absolute atomic E-state index is 13.3. The fourth-order valence-electron chi connectivity index (χ4n) is 3.66. The van der Waals surface area contributed by atoms with Crippen LogP contribution in [0.4, 0.5) is 0 Å². The van der Waals surface area contributed by atoms with E-state index in [4.69, 9.17) is 4.74 Å². The Morgan fingerprint density at radius 2 is 1.62 bits per heavy atom. The Balaban J connectivity index is 2.20. The molecule has 2 aromatic rings. The van der Waals surface area contributed by atoms with E-state index in [0.717, 1.165) is 11.1 Å². The van der Waals surface area contributed by atoms with E-state index in [0.29, 0.717) is 25.1 Å². The summed E-state index contributed by atoms with van der Waals surface area (Å²) in [6.07, 6.45) is 1.21. The summed E-state index contributed by atoms with van der Waals surface area (Å²) in [5.41, 5.74) is 1.82. The lowest BCUT2D eigenvalue weighted by molar-refractivity contribution is -0.142. The molecule has 2 rings (SSSR count).